The molecule has 0 amide bonds. The fourth-order valence-corrected chi connectivity index (χ4v) is 2.41. The van der Waals surface area contributed by atoms with Gasteiger partial charge in [0.1, 0.15) is 0 Å². The summed E-state index contributed by atoms with van der Waals surface area (Å²) in [5.41, 5.74) is 0. The van der Waals surface area contributed by atoms with E-state index >= 15 is 0 Å². The lowest BCUT2D eigenvalue weighted by Gasteiger charge is -2.23. The number of ether oxygens (including phenoxy) is 2. The molecule has 0 bridgehead atoms. The van der Waals surface area contributed by atoms with E-state index in [-0.39, 0.29) is 0 Å². The van der Waals surface area contributed by atoms with Gasteiger partial charge in [0.25, 0.3) is 0 Å². The van der Waals surface area contributed by atoms with Gasteiger partial charge in [-0.05, 0) is 44.4 Å². The second-order valence-electron chi connectivity index (χ2n) is 5.07. The third-order valence-corrected chi connectivity index (χ3v) is 3.57. The minimum Gasteiger partial charge on any atom is -0.490 e. The smallest absolute Gasteiger partial charge is 0.161 e. The van der Waals surface area contributed by atoms with Crippen LogP contribution in [0.25, 0.3) is 0 Å². The first-order valence-corrected chi connectivity index (χ1v) is 7.80. The first-order chi connectivity index (χ1) is 9.72. The van der Waals surface area contributed by atoms with Gasteiger partial charge in [0, 0.05) is 6.04 Å². The van der Waals surface area contributed by atoms with E-state index in [1.54, 1.807) is 0 Å². The van der Waals surface area contributed by atoms with Crippen molar-refractivity contribution in [2.24, 2.45) is 5.92 Å². The molecule has 0 spiro atoms. The highest BCUT2D eigenvalue weighted by Gasteiger charge is 2.14. The summed E-state index contributed by atoms with van der Waals surface area (Å²) in [6, 6.07) is 8.45. The van der Waals surface area contributed by atoms with Crippen LogP contribution in [0.3, 0.4) is 0 Å². The molecule has 1 rings (SSSR count). The number of para-hydroxylation sites is 2. The maximum atomic E-state index is 5.88. The van der Waals surface area contributed by atoms with Gasteiger partial charge in [-0.1, -0.05) is 32.9 Å². The molecular formula is C17H29NO2. The van der Waals surface area contributed by atoms with Crippen LogP contribution < -0.4 is 14.8 Å². The molecule has 0 aliphatic carbocycles. The van der Waals surface area contributed by atoms with Crippen LogP contribution in [0.1, 0.15) is 40.5 Å². The second kappa shape index (κ2) is 9.65. The molecule has 2 unspecified atom stereocenters. The average Bonchev–Trinajstić information content (AvgIpc) is 2.46. The summed E-state index contributed by atoms with van der Waals surface area (Å²) in [7, 11) is 0. The summed E-state index contributed by atoms with van der Waals surface area (Å²) < 4.78 is 11.4. The van der Waals surface area contributed by atoms with Gasteiger partial charge in [0.2, 0.25) is 0 Å². The minimum atomic E-state index is 0.575. The highest BCUT2D eigenvalue weighted by Crippen LogP contribution is 2.26. The molecule has 0 saturated heterocycles. The zero-order valence-electron chi connectivity index (χ0n) is 13.3. The molecule has 0 radical (unpaired) electrons. The highest BCUT2D eigenvalue weighted by atomic mass is 16.5. The number of benzene rings is 1. The van der Waals surface area contributed by atoms with Crippen LogP contribution >= 0.6 is 0 Å². The summed E-state index contributed by atoms with van der Waals surface area (Å²) in [5.74, 6) is 2.29. The number of hydrogen-bond donors (Lipinski definition) is 1. The van der Waals surface area contributed by atoms with Crippen molar-refractivity contribution in [3.8, 4) is 11.5 Å². The van der Waals surface area contributed by atoms with Crippen molar-refractivity contribution >= 4 is 0 Å². The summed E-state index contributed by atoms with van der Waals surface area (Å²) in [4.78, 5) is 0. The number of rotatable bonds is 10. The van der Waals surface area contributed by atoms with Crippen LogP contribution in [0.4, 0.5) is 0 Å². The highest BCUT2D eigenvalue weighted by molar-refractivity contribution is 5.39. The molecule has 114 valence electrons. The Kier molecular flexibility index (Phi) is 8.12. The van der Waals surface area contributed by atoms with Crippen LogP contribution in [0.15, 0.2) is 24.3 Å². The van der Waals surface area contributed by atoms with Crippen molar-refractivity contribution in [1.29, 1.82) is 0 Å². The molecule has 0 aromatic heterocycles. The lowest BCUT2D eigenvalue weighted by Crippen LogP contribution is -2.34. The molecule has 0 fully saturated rings. The van der Waals surface area contributed by atoms with Crippen LogP contribution in [0.5, 0.6) is 11.5 Å². The Morgan fingerprint density at radius 3 is 2.25 bits per heavy atom. The lowest BCUT2D eigenvalue weighted by atomic mass is 9.96. The average molecular weight is 279 g/mol. The van der Waals surface area contributed by atoms with Gasteiger partial charge in [0.05, 0.1) is 13.2 Å². The summed E-state index contributed by atoms with van der Waals surface area (Å²) in [6.45, 7) is 11.1. The molecular weight excluding hydrogens is 250 g/mol. The van der Waals surface area contributed by atoms with E-state index in [4.69, 9.17) is 9.47 Å². The maximum Gasteiger partial charge on any atom is 0.161 e. The molecule has 1 aromatic carbocycles. The maximum absolute atomic E-state index is 5.88. The van der Waals surface area contributed by atoms with Crippen molar-refractivity contribution in [2.45, 2.75) is 46.6 Å². The van der Waals surface area contributed by atoms with E-state index in [0.29, 0.717) is 18.6 Å². The van der Waals surface area contributed by atoms with Gasteiger partial charge in [-0.15, -0.1) is 0 Å². The van der Waals surface area contributed by atoms with Crippen molar-refractivity contribution in [3.05, 3.63) is 24.3 Å². The molecule has 3 heteroatoms. The van der Waals surface area contributed by atoms with E-state index in [2.05, 4.69) is 26.1 Å². The largest absolute Gasteiger partial charge is 0.490 e. The Hall–Kier alpha value is -1.22. The summed E-state index contributed by atoms with van der Waals surface area (Å²) >= 11 is 0. The Morgan fingerprint density at radius 1 is 1.05 bits per heavy atom. The molecule has 0 aliphatic rings. The number of nitrogens with one attached hydrogen (secondary N) is 1. The predicted molar refractivity (Wildman–Crippen MR) is 84.6 cm³/mol. The van der Waals surface area contributed by atoms with Gasteiger partial charge < -0.3 is 14.8 Å². The molecule has 2 atom stereocenters. The summed E-state index contributed by atoms with van der Waals surface area (Å²) in [5, 5.41) is 3.53. The third-order valence-electron chi connectivity index (χ3n) is 3.57. The van der Waals surface area contributed by atoms with Crippen molar-refractivity contribution < 1.29 is 9.47 Å². The molecule has 1 aromatic rings. The minimum absolute atomic E-state index is 0.575. The van der Waals surface area contributed by atoms with Crippen molar-refractivity contribution in [2.75, 3.05) is 19.8 Å². The molecule has 0 heterocycles. The van der Waals surface area contributed by atoms with E-state index in [9.17, 15) is 0 Å². The zero-order chi connectivity index (χ0) is 14.8. The normalized spacial score (nSPS) is 13.8. The van der Waals surface area contributed by atoms with Crippen molar-refractivity contribution in [3.63, 3.8) is 0 Å². The Morgan fingerprint density at radius 2 is 1.70 bits per heavy atom. The first-order valence-electron chi connectivity index (χ1n) is 7.80. The Labute approximate surface area is 123 Å². The molecule has 0 aliphatic heterocycles. The van der Waals surface area contributed by atoms with E-state index < -0.39 is 0 Å². The third kappa shape index (κ3) is 5.41. The van der Waals surface area contributed by atoms with Crippen LogP contribution in [0.2, 0.25) is 0 Å². The second-order valence-corrected chi connectivity index (χ2v) is 5.07. The standard InChI is InChI=1S/C17H29NO2/c1-5-15(18-6-2)14(4)12-13-20-17-11-9-8-10-16(17)19-7-3/h8-11,14-15,18H,5-7,12-13H2,1-4H3. The SMILES string of the molecule is CCNC(CC)C(C)CCOc1ccccc1OCC. The summed E-state index contributed by atoms with van der Waals surface area (Å²) in [6.07, 6.45) is 2.20. The van der Waals surface area contributed by atoms with Gasteiger partial charge in [-0.25, -0.2) is 0 Å². The topological polar surface area (TPSA) is 30.5 Å². The number of hydrogen-bond acceptors (Lipinski definition) is 3. The first kappa shape index (κ1) is 16.8. The van der Waals surface area contributed by atoms with Crippen LogP contribution in [-0.2, 0) is 0 Å². The zero-order valence-corrected chi connectivity index (χ0v) is 13.3. The van der Waals surface area contributed by atoms with Crippen LogP contribution in [0, 0.1) is 5.92 Å². The van der Waals surface area contributed by atoms with Gasteiger partial charge in [0.15, 0.2) is 11.5 Å². The van der Waals surface area contributed by atoms with E-state index in [1.807, 2.05) is 31.2 Å². The monoisotopic (exact) mass is 279 g/mol. The van der Waals surface area contributed by atoms with Gasteiger partial charge >= 0.3 is 0 Å². The lowest BCUT2D eigenvalue weighted by molar-refractivity contribution is 0.239. The van der Waals surface area contributed by atoms with E-state index in [0.717, 1.165) is 37.5 Å². The fraction of sp³-hybridized carbons (Fsp3) is 0.647. The Bertz CT molecular complexity index is 368. The molecule has 1 N–H and O–H groups in total. The van der Waals surface area contributed by atoms with Crippen LogP contribution in [-0.4, -0.2) is 25.8 Å². The van der Waals surface area contributed by atoms with Crippen molar-refractivity contribution in [1.82, 2.24) is 5.32 Å². The quantitative estimate of drug-likeness (QED) is 0.705. The van der Waals surface area contributed by atoms with E-state index in [1.165, 1.54) is 0 Å². The molecule has 0 saturated carbocycles. The fourth-order valence-electron chi connectivity index (χ4n) is 2.41. The Balaban J connectivity index is 2.43. The molecule has 3 nitrogen and oxygen atoms in total. The molecule has 20 heavy (non-hydrogen) atoms. The van der Waals surface area contributed by atoms with Gasteiger partial charge in [-0.2, -0.15) is 0 Å². The predicted octanol–water partition coefficient (Wildman–Crippen LogP) is 3.88. The van der Waals surface area contributed by atoms with Gasteiger partial charge in [-0.3, -0.25) is 0 Å².